The first-order valence-electron chi connectivity index (χ1n) is 6.28. The lowest BCUT2D eigenvalue weighted by molar-refractivity contribution is 0.238. The van der Waals surface area contributed by atoms with Crippen LogP contribution in [0.3, 0.4) is 0 Å². The van der Waals surface area contributed by atoms with Crippen molar-refractivity contribution in [2.45, 2.75) is 6.42 Å². The van der Waals surface area contributed by atoms with Crippen LogP contribution in [0.4, 0.5) is 11.5 Å². The summed E-state index contributed by atoms with van der Waals surface area (Å²) in [6, 6.07) is 9.85. The zero-order valence-electron chi connectivity index (χ0n) is 10.2. The van der Waals surface area contributed by atoms with E-state index in [4.69, 9.17) is 5.73 Å². The van der Waals surface area contributed by atoms with E-state index in [1.165, 1.54) is 0 Å². The number of hydrogen-bond acceptors (Lipinski definition) is 4. The molecular weight excluding hydrogens is 226 g/mol. The molecule has 1 atom stereocenters. The molecule has 4 nitrogen and oxygen atoms in total. The molecule has 1 fully saturated rings. The molecule has 1 aliphatic rings. The van der Waals surface area contributed by atoms with E-state index in [0.717, 1.165) is 41.9 Å². The van der Waals surface area contributed by atoms with Crippen LogP contribution in [0.15, 0.2) is 30.3 Å². The van der Waals surface area contributed by atoms with Gasteiger partial charge in [-0.3, -0.25) is 0 Å². The van der Waals surface area contributed by atoms with Gasteiger partial charge in [0.05, 0.1) is 5.52 Å². The number of nitrogens with two attached hydrogens (primary N) is 1. The van der Waals surface area contributed by atoms with Crippen LogP contribution in [0.2, 0.25) is 0 Å². The minimum absolute atomic E-state index is 0.264. The highest BCUT2D eigenvalue weighted by Crippen LogP contribution is 2.24. The molecule has 1 saturated heterocycles. The molecule has 0 aliphatic carbocycles. The van der Waals surface area contributed by atoms with Crippen LogP contribution < -0.4 is 10.6 Å². The molecule has 18 heavy (non-hydrogen) atoms. The van der Waals surface area contributed by atoms with Gasteiger partial charge in [0.15, 0.2) is 0 Å². The Morgan fingerprint density at radius 2 is 2.22 bits per heavy atom. The van der Waals surface area contributed by atoms with Gasteiger partial charge in [-0.2, -0.15) is 0 Å². The van der Waals surface area contributed by atoms with Crippen molar-refractivity contribution in [2.75, 3.05) is 30.3 Å². The van der Waals surface area contributed by atoms with Crippen LogP contribution in [0.5, 0.6) is 0 Å². The summed E-state index contributed by atoms with van der Waals surface area (Å²) in [6.45, 7) is 2.13. The second-order valence-electron chi connectivity index (χ2n) is 4.90. The third-order valence-corrected chi connectivity index (χ3v) is 3.57. The SMILES string of the molecule is Nc1ccc2nc(N3CCC(CO)C3)ccc2c1. The molecule has 94 valence electrons. The lowest BCUT2D eigenvalue weighted by Crippen LogP contribution is -2.21. The summed E-state index contributed by atoms with van der Waals surface area (Å²) in [6.07, 6.45) is 1.04. The second-order valence-corrected chi connectivity index (χ2v) is 4.90. The highest BCUT2D eigenvalue weighted by atomic mass is 16.3. The summed E-state index contributed by atoms with van der Waals surface area (Å²) in [7, 11) is 0. The minimum Gasteiger partial charge on any atom is -0.399 e. The van der Waals surface area contributed by atoms with Crippen LogP contribution in [-0.4, -0.2) is 29.8 Å². The molecule has 0 amide bonds. The molecule has 3 N–H and O–H groups in total. The van der Waals surface area contributed by atoms with E-state index in [9.17, 15) is 5.11 Å². The lowest BCUT2D eigenvalue weighted by Gasteiger charge is -2.17. The van der Waals surface area contributed by atoms with Gasteiger partial charge in [0, 0.05) is 36.7 Å². The molecule has 1 aliphatic heterocycles. The Labute approximate surface area is 106 Å². The zero-order chi connectivity index (χ0) is 12.5. The van der Waals surface area contributed by atoms with Gasteiger partial charge >= 0.3 is 0 Å². The van der Waals surface area contributed by atoms with E-state index in [1.807, 2.05) is 24.3 Å². The van der Waals surface area contributed by atoms with E-state index in [-0.39, 0.29) is 6.61 Å². The van der Waals surface area contributed by atoms with E-state index >= 15 is 0 Å². The van der Waals surface area contributed by atoms with E-state index in [1.54, 1.807) is 0 Å². The van der Waals surface area contributed by atoms with Crippen LogP contribution in [0, 0.1) is 5.92 Å². The lowest BCUT2D eigenvalue weighted by atomic mass is 10.1. The Morgan fingerprint density at radius 1 is 1.33 bits per heavy atom. The Kier molecular flexibility index (Phi) is 2.80. The largest absolute Gasteiger partial charge is 0.399 e. The van der Waals surface area contributed by atoms with Crippen molar-refractivity contribution in [3.8, 4) is 0 Å². The molecule has 0 radical (unpaired) electrons. The fourth-order valence-electron chi connectivity index (χ4n) is 2.50. The highest BCUT2D eigenvalue weighted by Gasteiger charge is 2.22. The summed E-state index contributed by atoms with van der Waals surface area (Å²) < 4.78 is 0. The fourth-order valence-corrected chi connectivity index (χ4v) is 2.50. The molecule has 2 aromatic rings. The van der Waals surface area contributed by atoms with Crippen molar-refractivity contribution >= 4 is 22.4 Å². The molecule has 1 aromatic carbocycles. The molecule has 1 aromatic heterocycles. The van der Waals surface area contributed by atoms with Crippen LogP contribution in [0.25, 0.3) is 10.9 Å². The van der Waals surface area contributed by atoms with Crippen LogP contribution in [-0.2, 0) is 0 Å². The van der Waals surface area contributed by atoms with Gasteiger partial charge in [0.1, 0.15) is 5.82 Å². The maximum atomic E-state index is 9.17. The summed E-state index contributed by atoms with van der Waals surface area (Å²) in [4.78, 5) is 6.89. The number of aliphatic hydroxyl groups excluding tert-OH is 1. The number of aromatic nitrogens is 1. The Bertz CT molecular complexity index is 570. The first-order chi connectivity index (χ1) is 8.76. The smallest absolute Gasteiger partial charge is 0.129 e. The first-order valence-corrected chi connectivity index (χ1v) is 6.28. The third-order valence-electron chi connectivity index (χ3n) is 3.57. The molecule has 0 saturated carbocycles. The summed E-state index contributed by atoms with van der Waals surface area (Å²) in [5.41, 5.74) is 7.48. The van der Waals surface area contributed by atoms with Crippen molar-refractivity contribution in [2.24, 2.45) is 5.92 Å². The van der Waals surface area contributed by atoms with Gasteiger partial charge in [-0.25, -0.2) is 4.98 Å². The van der Waals surface area contributed by atoms with Crippen molar-refractivity contribution < 1.29 is 5.11 Å². The van der Waals surface area contributed by atoms with Crippen molar-refractivity contribution in [3.05, 3.63) is 30.3 Å². The number of benzene rings is 1. The number of pyridine rings is 1. The average Bonchev–Trinajstić information content (AvgIpc) is 2.87. The summed E-state index contributed by atoms with van der Waals surface area (Å²) >= 11 is 0. The number of fused-ring (bicyclic) bond motifs is 1. The van der Waals surface area contributed by atoms with Crippen LogP contribution >= 0.6 is 0 Å². The van der Waals surface area contributed by atoms with Crippen LogP contribution in [0.1, 0.15) is 6.42 Å². The maximum Gasteiger partial charge on any atom is 0.129 e. The summed E-state index contributed by atoms with van der Waals surface area (Å²) in [5, 5.41) is 10.2. The van der Waals surface area contributed by atoms with Crippen molar-refractivity contribution in [1.82, 2.24) is 4.98 Å². The Morgan fingerprint density at radius 3 is 3.00 bits per heavy atom. The van der Waals surface area contributed by atoms with Gasteiger partial charge in [-0.1, -0.05) is 0 Å². The average molecular weight is 243 g/mol. The normalized spacial score (nSPS) is 19.6. The monoisotopic (exact) mass is 243 g/mol. The summed E-state index contributed by atoms with van der Waals surface area (Å²) in [5.74, 6) is 1.37. The third kappa shape index (κ3) is 1.99. The number of nitrogen functional groups attached to an aromatic ring is 1. The number of aliphatic hydroxyl groups is 1. The predicted octanol–water partition coefficient (Wildman–Crippen LogP) is 1.64. The number of rotatable bonds is 2. The molecule has 2 heterocycles. The first kappa shape index (κ1) is 11.3. The van der Waals surface area contributed by atoms with Gasteiger partial charge in [0.25, 0.3) is 0 Å². The van der Waals surface area contributed by atoms with Gasteiger partial charge in [-0.15, -0.1) is 0 Å². The number of hydrogen-bond donors (Lipinski definition) is 2. The Hall–Kier alpha value is -1.81. The van der Waals surface area contributed by atoms with Gasteiger partial charge < -0.3 is 15.7 Å². The number of nitrogens with zero attached hydrogens (tertiary/aromatic N) is 2. The van der Waals surface area contributed by atoms with Gasteiger partial charge in [-0.05, 0) is 36.8 Å². The molecular formula is C14H17N3O. The zero-order valence-corrected chi connectivity index (χ0v) is 10.2. The van der Waals surface area contributed by atoms with E-state index < -0.39 is 0 Å². The molecule has 0 bridgehead atoms. The maximum absolute atomic E-state index is 9.17. The quantitative estimate of drug-likeness (QED) is 0.787. The molecule has 1 unspecified atom stereocenters. The fraction of sp³-hybridized carbons (Fsp3) is 0.357. The van der Waals surface area contributed by atoms with Crippen molar-refractivity contribution in [3.63, 3.8) is 0 Å². The van der Waals surface area contributed by atoms with Gasteiger partial charge in [0.2, 0.25) is 0 Å². The molecule has 0 spiro atoms. The second kappa shape index (κ2) is 4.46. The minimum atomic E-state index is 0.264. The molecule has 3 rings (SSSR count). The topological polar surface area (TPSA) is 62.4 Å². The van der Waals surface area contributed by atoms with Crippen molar-refractivity contribution in [1.29, 1.82) is 0 Å². The Balaban J connectivity index is 1.92. The highest BCUT2D eigenvalue weighted by molar-refractivity contribution is 5.83. The standard InChI is InChI=1S/C14H17N3O/c15-12-2-3-13-11(7-12)1-4-14(16-13)17-6-5-10(8-17)9-18/h1-4,7,10,18H,5-6,8-9,15H2. The predicted molar refractivity (Wildman–Crippen MR) is 73.6 cm³/mol. The molecule has 4 heteroatoms. The number of anilines is 2. The van der Waals surface area contributed by atoms with E-state index in [2.05, 4.69) is 16.0 Å². The van der Waals surface area contributed by atoms with E-state index in [0.29, 0.717) is 5.92 Å².